The number of nitrogens with one attached hydrogen (secondary N) is 2. The number of aromatic nitrogens is 2. The normalized spacial score (nSPS) is 12.3. The molecule has 0 spiro atoms. The molecule has 0 aliphatic carbocycles. The number of rotatable bonds is 11. The molecule has 0 radical (unpaired) electrons. The minimum absolute atomic E-state index is 0.0586. The molecule has 0 aliphatic heterocycles. The summed E-state index contributed by atoms with van der Waals surface area (Å²) in [4.78, 5) is 7.98. The second kappa shape index (κ2) is 11.7. The van der Waals surface area contributed by atoms with Crippen molar-refractivity contribution in [1.29, 1.82) is 0 Å². The number of alkyl halides is 3. The van der Waals surface area contributed by atoms with Crippen LogP contribution in [0.1, 0.15) is 63.5 Å². The molecule has 2 N–H and O–H groups in total. The highest BCUT2D eigenvalue weighted by Gasteiger charge is 2.35. The van der Waals surface area contributed by atoms with E-state index < -0.39 is 11.7 Å². The monoisotopic (exact) mass is 472 g/mol. The molecule has 1 unspecified atom stereocenters. The van der Waals surface area contributed by atoms with Crippen molar-refractivity contribution in [3.05, 3.63) is 65.9 Å². The summed E-state index contributed by atoms with van der Waals surface area (Å²) in [5, 5.41) is 5.76. The van der Waals surface area contributed by atoms with Crippen LogP contribution in [0.15, 0.2) is 54.7 Å². The Hall–Kier alpha value is -3.29. The first kappa shape index (κ1) is 25.3. The Morgan fingerprint density at radius 1 is 0.912 bits per heavy atom. The van der Waals surface area contributed by atoms with Crippen LogP contribution in [0.2, 0.25) is 0 Å². The summed E-state index contributed by atoms with van der Waals surface area (Å²) < 4.78 is 46.4. The van der Waals surface area contributed by atoms with Gasteiger partial charge in [0.15, 0.2) is 0 Å². The van der Waals surface area contributed by atoms with Crippen molar-refractivity contribution >= 4 is 23.1 Å². The van der Waals surface area contributed by atoms with Gasteiger partial charge in [0.05, 0.1) is 6.61 Å². The van der Waals surface area contributed by atoms with E-state index in [0.29, 0.717) is 23.9 Å². The average molecular weight is 473 g/mol. The van der Waals surface area contributed by atoms with Gasteiger partial charge in [0.25, 0.3) is 0 Å². The highest BCUT2D eigenvalue weighted by molar-refractivity contribution is 5.63. The molecule has 2 aromatic carbocycles. The number of hydrogen-bond donors (Lipinski definition) is 2. The fraction of sp³-hybridized carbons (Fsp3) is 0.385. The largest absolute Gasteiger partial charge is 0.494 e. The van der Waals surface area contributed by atoms with Gasteiger partial charge in [-0.1, -0.05) is 45.7 Å². The topological polar surface area (TPSA) is 59.1 Å². The molecule has 1 aromatic heterocycles. The fourth-order valence-electron chi connectivity index (χ4n) is 3.32. The predicted octanol–water partition coefficient (Wildman–Crippen LogP) is 8.07. The molecular formula is C26H31F3N4O. The van der Waals surface area contributed by atoms with Crippen molar-refractivity contribution in [2.45, 2.75) is 58.5 Å². The van der Waals surface area contributed by atoms with Crippen LogP contribution in [-0.4, -0.2) is 16.6 Å². The predicted molar refractivity (Wildman–Crippen MR) is 130 cm³/mol. The Morgan fingerprint density at radius 3 is 2.18 bits per heavy atom. The molecule has 0 aliphatic rings. The summed E-state index contributed by atoms with van der Waals surface area (Å²) in [6, 6.07) is 14.5. The van der Waals surface area contributed by atoms with E-state index in [1.807, 2.05) is 12.1 Å². The summed E-state index contributed by atoms with van der Waals surface area (Å²) in [7, 11) is 0. The van der Waals surface area contributed by atoms with Crippen molar-refractivity contribution in [1.82, 2.24) is 9.97 Å². The summed E-state index contributed by atoms with van der Waals surface area (Å²) in [5.41, 5.74) is 1.36. The van der Waals surface area contributed by atoms with Gasteiger partial charge in [-0.2, -0.15) is 18.2 Å². The number of anilines is 4. The quantitative estimate of drug-likeness (QED) is 0.276. The standard InChI is InChI=1S/C26H31F3N4O/c1-4-6-7-16-34-22-14-12-21(13-15-22)32-25-30-17-23(26(27,28)29)24(33-25)31-20-10-8-19(9-11-20)18(3)5-2/h8-15,17-18H,4-7,16H2,1-3H3,(H2,30,31,32,33). The van der Waals surface area contributed by atoms with Gasteiger partial charge in [0.2, 0.25) is 5.95 Å². The number of halogens is 3. The summed E-state index contributed by atoms with van der Waals surface area (Å²) in [6.45, 7) is 6.98. The summed E-state index contributed by atoms with van der Waals surface area (Å²) >= 11 is 0. The van der Waals surface area contributed by atoms with Crippen LogP contribution in [-0.2, 0) is 6.18 Å². The van der Waals surface area contributed by atoms with Crippen molar-refractivity contribution in [2.75, 3.05) is 17.2 Å². The van der Waals surface area contributed by atoms with Gasteiger partial charge in [-0.3, -0.25) is 0 Å². The Morgan fingerprint density at radius 2 is 1.56 bits per heavy atom. The van der Waals surface area contributed by atoms with Crippen LogP contribution >= 0.6 is 0 Å². The van der Waals surface area contributed by atoms with Crippen molar-refractivity contribution in [2.24, 2.45) is 0 Å². The van der Waals surface area contributed by atoms with Crippen molar-refractivity contribution in [3.8, 4) is 5.75 Å². The lowest BCUT2D eigenvalue weighted by molar-refractivity contribution is -0.137. The lowest BCUT2D eigenvalue weighted by Crippen LogP contribution is -2.12. The third-order valence-corrected chi connectivity index (χ3v) is 5.58. The number of nitrogens with zero attached hydrogens (tertiary/aromatic N) is 2. The maximum absolute atomic E-state index is 13.6. The van der Waals surface area contributed by atoms with E-state index >= 15 is 0 Å². The van der Waals surface area contributed by atoms with Crippen LogP contribution < -0.4 is 15.4 Å². The van der Waals surface area contributed by atoms with Crippen molar-refractivity contribution in [3.63, 3.8) is 0 Å². The summed E-state index contributed by atoms with van der Waals surface area (Å²) in [6.07, 6.45) is 0.414. The zero-order valence-corrected chi connectivity index (χ0v) is 19.7. The van der Waals surface area contributed by atoms with Gasteiger partial charge in [-0.15, -0.1) is 0 Å². The number of hydrogen-bond acceptors (Lipinski definition) is 5. The Kier molecular flexibility index (Phi) is 8.73. The molecule has 182 valence electrons. The maximum atomic E-state index is 13.6. The van der Waals surface area contributed by atoms with Gasteiger partial charge in [0, 0.05) is 17.6 Å². The number of ether oxygens (including phenoxy) is 1. The van der Waals surface area contributed by atoms with E-state index in [-0.39, 0.29) is 11.8 Å². The molecule has 34 heavy (non-hydrogen) atoms. The average Bonchev–Trinajstić information content (AvgIpc) is 2.82. The molecular weight excluding hydrogens is 441 g/mol. The van der Waals surface area contributed by atoms with Gasteiger partial charge in [0.1, 0.15) is 17.1 Å². The van der Waals surface area contributed by atoms with Gasteiger partial charge < -0.3 is 15.4 Å². The molecule has 3 rings (SSSR count). The van der Waals surface area contributed by atoms with Gasteiger partial charge in [-0.25, -0.2) is 4.98 Å². The molecule has 1 atom stereocenters. The molecule has 8 heteroatoms. The van der Waals surface area contributed by atoms with Crippen LogP contribution in [0.4, 0.5) is 36.3 Å². The molecule has 1 heterocycles. The SMILES string of the molecule is CCCCCOc1ccc(Nc2ncc(C(F)(F)F)c(Nc3ccc(C(C)CC)cc3)n2)cc1. The van der Waals surface area contributed by atoms with E-state index in [1.165, 1.54) is 0 Å². The molecule has 5 nitrogen and oxygen atoms in total. The van der Waals surface area contributed by atoms with Crippen LogP contribution in [0, 0.1) is 0 Å². The second-order valence-electron chi connectivity index (χ2n) is 8.21. The first-order chi connectivity index (χ1) is 16.3. The summed E-state index contributed by atoms with van der Waals surface area (Å²) in [5.74, 6) is 0.862. The number of unbranched alkanes of at least 4 members (excludes halogenated alkanes) is 2. The van der Waals surface area contributed by atoms with E-state index in [2.05, 4.69) is 41.4 Å². The second-order valence-corrected chi connectivity index (χ2v) is 8.21. The van der Waals surface area contributed by atoms with Crippen LogP contribution in [0.25, 0.3) is 0 Å². The lowest BCUT2D eigenvalue weighted by atomic mass is 9.99. The third kappa shape index (κ3) is 7.10. The van der Waals surface area contributed by atoms with Crippen LogP contribution in [0.5, 0.6) is 5.75 Å². The minimum atomic E-state index is -4.59. The van der Waals surface area contributed by atoms with Gasteiger partial charge >= 0.3 is 6.18 Å². The minimum Gasteiger partial charge on any atom is -0.494 e. The molecule has 0 bridgehead atoms. The first-order valence-corrected chi connectivity index (χ1v) is 11.6. The highest BCUT2D eigenvalue weighted by atomic mass is 19.4. The molecule has 0 saturated carbocycles. The Labute approximate surface area is 198 Å². The zero-order chi connectivity index (χ0) is 24.6. The molecule has 0 fully saturated rings. The lowest BCUT2D eigenvalue weighted by Gasteiger charge is -2.16. The fourth-order valence-corrected chi connectivity index (χ4v) is 3.32. The van der Waals surface area contributed by atoms with Crippen LogP contribution in [0.3, 0.4) is 0 Å². The maximum Gasteiger partial charge on any atom is 0.421 e. The smallest absolute Gasteiger partial charge is 0.421 e. The molecule has 0 amide bonds. The van der Waals surface area contributed by atoms with E-state index in [1.54, 1.807) is 36.4 Å². The molecule has 3 aromatic rings. The van der Waals surface area contributed by atoms with Crippen molar-refractivity contribution < 1.29 is 17.9 Å². The first-order valence-electron chi connectivity index (χ1n) is 11.6. The van der Waals surface area contributed by atoms with E-state index in [9.17, 15) is 13.2 Å². The highest BCUT2D eigenvalue weighted by Crippen LogP contribution is 2.35. The van der Waals surface area contributed by atoms with Gasteiger partial charge in [-0.05, 0) is 60.7 Å². The number of benzene rings is 2. The zero-order valence-electron chi connectivity index (χ0n) is 19.7. The van der Waals surface area contributed by atoms with E-state index in [0.717, 1.165) is 43.2 Å². The third-order valence-electron chi connectivity index (χ3n) is 5.58. The Bertz CT molecular complexity index is 1040. The Balaban J connectivity index is 1.75. The molecule has 0 saturated heterocycles. The van der Waals surface area contributed by atoms with E-state index in [4.69, 9.17) is 4.74 Å².